The molecule has 106 valence electrons. The number of thioether (sulfide) groups is 1. The lowest BCUT2D eigenvalue weighted by Gasteiger charge is -2.09. The number of pyridine rings is 1. The maximum atomic E-state index is 4.40. The van der Waals surface area contributed by atoms with Crippen LogP contribution in [-0.4, -0.2) is 11.0 Å². The number of halogens is 1. The van der Waals surface area contributed by atoms with Crippen LogP contribution >= 0.6 is 27.7 Å². The van der Waals surface area contributed by atoms with Crippen molar-refractivity contribution in [3.8, 4) is 0 Å². The Bertz CT molecular complexity index is 540. The topological polar surface area (TPSA) is 24.9 Å². The molecule has 0 aliphatic rings. The van der Waals surface area contributed by atoms with Crippen molar-refractivity contribution in [2.45, 2.75) is 37.1 Å². The van der Waals surface area contributed by atoms with Crippen molar-refractivity contribution < 1.29 is 0 Å². The number of rotatable bonds is 6. The minimum atomic E-state index is 0.512. The Morgan fingerprint density at radius 2 is 2.10 bits per heavy atom. The van der Waals surface area contributed by atoms with Gasteiger partial charge in [0.2, 0.25) is 0 Å². The first kappa shape index (κ1) is 15.5. The summed E-state index contributed by atoms with van der Waals surface area (Å²) in [7, 11) is 0. The number of hydrogen-bond acceptors (Lipinski definition) is 3. The predicted octanol–water partition coefficient (Wildman–Crippen LogP) is 4.63. The van der Waals surface area contributed by atoms with E-state index in [1.165, 1.54) is 10.5 Å². The highest BCUT2D eigenvalue weighted by Crippen LogP contribution is 2.23. The van der Waals surface area contributed by atoms with Gasteiger partial charge in [0.15, 0.2) is 0 Å². The summed E-state index contributed by atoms with van der Waals surface area (Å²) < 4.78 is 1.02. The van der Waals surface area contributed by atoms with Gasteiger partial charge in [0.05, 0.1) is 5.69 Å². The van der Waals surface area contributed by atoms with Gasteiger partial charge in [0.25, 0.3) is 0 Å². The van der Waals surface area contributed by atoms with Crippen LogP contribution in [-0.2, 0) is 12.3 Å². The fourth-order valence-electron chi connectivity index (χ4n) is 1.72. The smallest absolute Gasteiger partial charge is 0.0507 e. The number of nitrogens with zero attached hydrogens (tertiary/aromatic N) is 1. The first-order valence-corrected chi connectivity index (χ1v) is 8.47. The van der Waals surface area contributed by atoms with Crippen molar-refractivity contribution in [2.75, 3.05) is 0 Å². The highest BCUT2D eigenvalue weighted by molar-refractivity contribution is 9.10. The Morgan fingerprint density at radius 1 is 1.25 bits per heavy atom. The van der Waals surface area contributed by atoms with Crippen molar-refractivity contribution in [3.05, 3.63) is 58.3 Å². The summed E-state index contributed by atoms with van der Waals surface area (Å²) >= 11 is 5.23. The summed E-state index contributed by atoms with van der Waals surface area (Å²) in [6.45, 7) is 5.25. The molecule has 1 aromatic heterocycles. The SMILES string of the molecule is CC(C)NCc1cccc(SCc2ccc(Br)cn2)c1. The van der Waals surface area contributed by atoms with Crippen LogP contribution < -0.4 is 5.32 Å². The van der Waals surface area contributed by atoms with E-state index in [9.17, 15) is 0 Å². The van der Waals surface area contributed by atoms with Crippen LogP contribution in [0.2, 0.25) is 0 Å². The van der Waals surface area contributed by atoms with Crippen LogP contribution in [0.25, 0.3) is 0 Å². The molecule has 0 aliphatic carbocycles. The summed E-state index contributed by atoms with van der Waals surface area (Å²) in [5, 5.41) is 3.44. The summed E-state index contributed by atoms with van der Waals surface area (Å²) in [6, 6.07) is 13.3. The zero-order valence-electron chi connectivity index (χ0n) is 11.8. The van der Waals surface area contributed by atoms with Crippen LogP contribution in [0.15, 0.2) is 52.0 Å². The first-order valence-electron chi connectivity index (χ1n) is 6.69. The van der Waals surface area contributed by atoms with Gasteiger partial charge in [0.1, 0.15) is 0 Å². The van der Waals surface area contributed by atoms with Gasteiger partial charge in [-0.25, -0.2) is 0 Å². The van der Waals surface area contributed by atoms with E-state index in [2.05, 4.69) is 70.4 Å². The van der Waals surface area contributed by atoms with Gasteiger partial charge in [-0.2, -0.15) is 0 Å². The van der Waals surface area contributed by atoms with E-state index in [1.54, 1.807) is 0 Å². The largest absolute Gasteiger partial charge is 0.310 e. The van der Waals surface area contributed by atoms with Crippen LogP contribution in [0.5, 0.6) is 0 Å². The minimum absolute atomic E-state index is 0.512. The zero-order chi connectivity index (χ0) is 14.4. The van der Waals surface area contributed by atoms with Gasteiger partial charge < -0.3 is 5.32 Å². The molecule has 0 amide bonds. The fraction of sp³-hybridized carbons (Fsp3) is 0.312. The molecule has 2 rings (SSSR count). The van der Waals surface area contributed by atoms with Crippen molar-refractivity contribution in [2.24, 2.45) is 0 Å². The molecule has 1 heterocycles. The van der Waals surface area contributed by atoms with Gasteiger partial charge in [-0.3, -0.25) is 4.98 Å². The Balaban J connectivity index is 1.92. The maximum absolute atomic E-state index is 4.40. The highest BCUT2D eigenvalue weighted by Gasteiger charge is 2.00. The minimum Gasteiger partial charge on any atom is -0.310 e. The number of aromatic nitrogens is 1. The molecule has 1 aromatic carbocycles. The molecule has 0 unspecified atom stereocenters. The standard InChI is InChI=1S/C16H19BrN2S/c1-12(2)18-9-13-4-3-5-16(8-13)20-11-15-7-6-14(17)10-19-15/h3-8,10,12,18H,9,11H2,1-2H3. The second-order valence-electron chi connectivity index (χ2n) is 4.94. The molecule has 0 saturated heterocycles. The molecule has 0 fully saturated rings. The summed E-state index contributed by atoms with van der Waals surface area (Å²) in [5.74, 6) is 0.897. The summed E-state index contributed by atoms with van der Waals surface area (Å²) in [5.41, 5.74) is 2.43. The predicted molar refractivity (Wildman–Crippen MR) is 89.9 cm³/mol. The Labute approximate surface area is 133 Å². The first-order chi connectivity index (χ1) is 9.63. The lowest BCUT2D eigenvalue weighted by Crippen LogP contribution is -2.21. The number of benzene rings is 1. The van der Waals surface area contributed by atoms with Crippen molar-refractivity contribution in [3.63, 3.8) is 0 Å². The van der Waals surface area contributed by atoms with Gasteiger partial charge in [0, 0.05) is 33.9 Å². The lowest BCUT2D eigenvalue weighted by molar-refractivity contribution is 0.588. The molecule has 2 nitrogen and oxygen atoms in total. The van der Waals surface area contributed by atoms with E-state index in [4.69, 9.17) is 0 Å². The van der Waals surface area contributed by atoms with Crippen LogP contribution in [0, 0.1) is 0 Å². The quantitative estimate of drug-likeness (QED) is 0.768. The van der Waals surface area contributed by atoms with E-state index in [0.29, 0.717) is 6.04 Å². The molecular weight excluding hydrogens is 332 g/mol. The Kier molecular flexibility index (Phi) is 6.07. The third kappa shape index (κ3) is 5.27. The molecule has 1 N–H and O–H groups in total. The molecular formula is C16H19BrN2S. The molecule has 0 radical (unpaired) electrons. The van der Waals surface area contributed by atoms with E-state index >= 15 is 0 Å². The van der Waals surface area contributed by atoms with Gasteiger partial charge >= 0.3 is 0 Å². The molecule has 0 spiro atoms. The third-order valence-corrected chi connectivity index (χ3v) is 4.28. The summed E-state index contributed by atoms with van der Waals surface area (Å²) in [4.78, 5) is 5.68. The Hall–Kier alpha value is -0.840. The molecule has 0 atom stereocenters. The van der Waals surface area contributed by atoms with E-state index < -0.39 is 0 Å². The van der Waals surface area contributed by atoms with Gasteiger partial charge in [-0.1, -0.05) is 26.0 Å². The monoisotopic (exact) mass is 350 g/mol. The maximum Gasteiger partial charge on any atom is 0.0507 e. The van der Waals surface area contributed by atoms with Crippen LogP contribution in [0.4, 0.5) is 0 Å². The normalized spacial score (nSPS) is 11.0. The number of nitrogens with one attached hydrogen (secondary N) is 1. The molecule has 20 heavy (non-hydrogen) atoms. The highest BCUT2D eigenvalue weighted by atomic mass is 79.9. The average Bonchev–Trinajstić information content (AvgIpc) is 2.45. The lowest BCUT2D eigenvalue weighted by atomic mass is 10.2. The van der Waals surface area contributed by atoms with Crippen molar-refractivity contribution in [1.29, 1.82) is 0 Å². The van der Waals surface area contributed by atoms with Gasteiger partial charge in [-0.15, -0.1) is 11.8 Å². The van der Waals surface area contributed by atoms with Crippen molar-refractivity contribution in [1.82, 2.24) is 10.3 Å². The second kappa shape index (κ2) is 7.81. The van der Waals surface area contributed by atoms with E-state index in [-0.39, 0.29) is 0 Å². The average molecular weight is 351 g/mol. The molecule has 0 saturated carbocycles. The third-order valence-electron chi connectivity index (χ3n) is 2.79. The van der Waals surface area contributed by atoms with Crippen LogP contribution in [0.3, 0.4) is 0 Å². The van der Waals surface area contributed by atoms with Crippen LogP contribution in [0.1, 0.15) is 25.1 Å². The zero-order valence-corrected chi connectivity index (χ0v) is 14.2. The van der Waals surface area contributed by atoms with Crippen molar-refractivity contribution >= 4 is 27.7 Å². The Morgan fingerprint density at radius 3 is 2.80 bits per heavy atom. The molecule has 4 heteroatoms. The van der Waals surface area contributed by atoms with E-state index in [1.807, 2.05) is 24.0 Å². The molecule has 0 aliphatic heterocycles. The fourth-order valence-corrected chi connectivity index (χ4v) is 2.85. The molecule has 2 aromatic rings. The summed E-state index contributed by atoms with van der Waals surface area (Å²) in [6.07, 6.45) is 1.85. The number of hydrogen-bond donors (Lipinski definition) is 1. The van der Waals surface area contributed by atoms with Gasteiger partial charge in [-0.05, 0) is 45.8 Å². The second-order valence-corrected chi connectivity index (χ2v) is 6.90. The van der Waals surface area contributed by atoms with E-state index in [0.717, 1.165) is 22.5 Å². The molecule has 0 bridgehead atoms.